The molecule has 1 aliphatic carbocycles. The van der Waals surface area contributed by atoms with E-state index in [4.69, 9.17) is 14.2 Å². The van der Waals surface area contributed by atoms with Gasteiger partial charge in [-0.15, -0.1) is 0 Å². The van der Waals surface area contributed by atoms with Crippen LogP contribution in [0.1, 0.15) is 103 Å². The zero-order chi connectivity index (χ0) is 32.6. The highest BCUT2D eigenvalue weighted by Crippen LogP contribution is 2.41. The number of hydrogen-bond acceptors (Lipinski definition) is 8. The molecule has 44 heavy (non-hydrogen) atoms. The van der Waals surface area contributed by atoms with E-state index in [9.17, 15) is 14.4 Å². The number of piperazine rings is 1. The molecule has 3 amide bonds. The van der Waals surface area contributed by atoms with Crippen molar-refractivity contribution >= 4 is 23.8 Å². The number of hydrazine groups is 1. The van der Waals surface area contributed by atoms with Crippen LogP contribution < -0.4 is 10.4 Å². The SMILES string of the molecule is COCCCN1NC(C)c2c(C)cc([C@@H](C)N(C(=O)[C@H]3CN(C(=O)OC(C)(C)C)CCN3C(=O)OC(C)(C)C)C3CC3)cc21. The fourth-order valence-corrected chi connectivity index (χ4v) is 6.15. The molecule has 11 heteroatoms. The minimum absolute atomic E-state index is 0.0425. The number of fused-ring (bicyclic) bond motifs is 1. The van der Waals surface area contributed by atoms with E-state index in [1.165, 1.54) is 20.9 Å². The van der Waals surface area contributed by atoms with Gasteiger partial charge in [0.15, 0.2) is 0 Å². The molecule has 3 atom stereocenters. The fourth-order valence-electron chi connectivity index (χ4n) is 6.15. The Labute approximate surface area is 263 Å². The first kappa shape index (κ1) is 33.8. The third kappa shape index (κ3) is 7.96. The minimum atomic E-state index is -0.892. The van der Waals surface area contributed by atoms with Gasteiger partial charge in [0.05, 0.1) is 24.3 Å². The first-order valence-electron chi connectivity index (χ1n) is 16.0. The molecule has 2 heterocycles. The Balaban J connectivity index is 1.64. The number of hydrogen-bond donors (Lipinski definition) is 1. The molecule has 0 radical (unpaired) electrons. The molecule has 1 aromatic carbocycles. The molecule has 0 aromatic heterocycles. The maximum Gasteiger partial charge on any atom is 0.411 e. The molecule has 4 rings (SSSR count). The monoisotopic (exact) mass is 615 g/mol. The van der Waals surface area contributed by atoms with E-state index in [2.05, 4.69) is 43.3 Å². The predicted molar refractivity (Wildman–Crippen MR) is 169 cm³/mol. The smallest absolute Gasteiger partial charge is 0.411 e. The quantitative estimate of drug-likeness (QED) is 0.392. The van der Waals surface area contributed by atoms with Crippen molar-refractivity contribution in [2.24, 2.45) is 0 Å². The van der Waals surface area contributed by atoms with Crippen molar-refractivity contribution in [3.63, 3.8) is 0 Å². The van der Waals surface area contributed by atoms with Crippen LogP contribution in [0.2, 0.25) is 0 Å². The van der Waals surface area contributed by atoms with Gasteiger partial charge in [0, 0.05) is 39.4 Å². The third-order valence-electron chi connectivity index (χ3n) is 8.23. The van der Waals surface area contributed by atoms with Crippen LogP contribution in [0.5, 0.6) is 0 Å². The standard InChI is InChI=1S/C33H53N5O6/c1-21-18-24(19-26-28(21)22(2)34-37(26)14-11-17-42-10)23(3)38(25-12-13-25)29(39)27-20-35(30(40)43-32(4,5)6)15-16-36(27)31(41)44-33(7,8)9/h18-19,22-23,25,27,34H,11-17,20H2,1-10H3/t22?,23-,27-/m1/s1. The summed E-state index contributed by atoms with van der Waals surface area (Å²) in [6, 6.07) is 3.49. The third-order valence-corrected chi connectivity index (χ3v) is 8.23. The van der Waals surface area contributed by atoms with Crippen LogP contribution in [0.4, 0.5) is 15.3 Å². The van der Waals surface area contributed by atoms with E-state index in [-0.39, 0.29) is 43.7 Å². The van der Waals surface area contributed by atoms with Crippen LogP contribution >= 0.6 is 0 Å². The lowest BCUT2D eigenvalue weighted by molar-refractivity contribution is -0.142. The van der Waals surface area contributed by atoms with E-state index in [0.717, 1.165) is 37.1 Å². The number of anilines is 1. The molecule has 1 N–H and O–H groups in total. The van der Waals surface area contributed by atoms with E-state index < -0.39 is 29.4 Å². The van der Waals surface area contributed by atoms with E-state index in [0.29, 0.717) is 6.61 Å². The summed E-state index contributed by atoms with van der Waals surface area (Å²) in [5.74, 6) is -0.180. The van der Waals surface area contributed by atoms with Crippen molar-refractivity contribution in [2.75, 3.05) is 44.9 Å². The topological polar surface area (TPSA) is 104 Å². The van der Waals surface area contributed by atoms with Crippen molar-refractivity contribution in [1.29, 1.82) is 0 Å². The number of aryl methyl sites for hydroxylation is 1. The van der Waals surface area contributed by atoms with Crippen molar-refractivity contribution in [3.05, 3.63) is 28.8 Å². The highest BCUT2D eigenvalue weighted by atomic mass is 16.6. The lowest BCUT2D eigenvalue weighted by Gasteiger charge is -2.43. The zero-order valence-corrected chi connectivity index (χ0v) is 28.4. The molecule has 0 spiro atoms. The number of ether oxygens (including phenoxy) is 3. The average Bonchev–Trinajstić information content (AvgIpc) is 3.69. The normalized spacial score (nSPS) is 21.2. The first-order chi connectivity index (χ1) is 20.5. The summed E-state index contributed by atoms with van der Waals surface area (Å²) in [4.78, 5) is 46.1. The van der Waals surface area contributed by atoms with Gasteiger partial charge in [-0.3, -0.25) is 9.69 Å². The second kappa shape index (κ2) is 13.1. The molecule has 1 unspecified atom stereocenters. The molecule has 1 saturated carbocycles. The maximum atomic E-state index is 14.6. The lowest BCUT2D eigenvalue weighted by atomic mass is 9.95. The van der Waals surface area contributed by atoms with Gasteiger partial charge < -0.3 is 29.0 Å². The summed E-state index contributed by atoms with van der Waals surface area (Å²) in [7, 11) is 1.71. The van der Waals surface area contributed by atoms with Crippen LogP contribution in [0.15, 0.2) is 12.1 Å². The van der Waals surface area contributed by atoms with Crippen molar-refractivity contribution in [3.8, 4) is 0 Å². The first-order valence-corrected chi connectivity index (χ1v) is 16.0. The van der Waals surface area contributed by atoms with Gasteiger partial charge in [-0.2, -0.15) is 0 Å². The number of carbonyl (C=O) groups excluding carboxylic acids is 3. The predicted octanol–water partition coefficient (Wildman–Crippen LogP) is 5.33. The number of nitrogens with one attached hydrogen (secondary N) is 1. The highest BCUT2D eigenvalue weighted by Gasteiger charge is 2.46. The van der Waals surface area contributed by atoms with Gasteiger partial charge >= 0.3 is 12.2 Å². The van der Waals surface area contributed by atoms with E-state index in [1.807, 2.05) is 46.4 Å². The van der Waals surface area contributed by atoms with Gasteiger partial charge in [0.1, 0.15) is 17.2 Å². The van der Waals surface area contributed by atoms with Crippen molar-refractivity contribution < 1.29 is 28.6 Å². The summed E-state index contributed by atoms with van der Waals surface area (Å²) in [6.07, 6.45) is 1.64. The van der Waals surface area contributed by atoms with E-state index >= 15 is 0 Å². The number of carbonyl (C=O) groups is 3. The molecular formula is C33H53N5O6. The number of nitrogens with zero attached hydrogens (tertiary/aromatic N) is 4. The Morgan fingerprint density at radius 1 is 1.02 bits per heavy atom. The molecular weight excluding hydrogens is 562 g/mol. The largest absolute Gasteiger partial charge is 0.444 e. The molecule has 0 bridgehead atoms. The molecule has 11 nitrogen and oxygen atoms in total. The number of amides is 3. The Hall–Kier alpha value is -3.05. The second-order valence-corrected chi connectivity index (χ2v) is 14.4. The Kier molecular flexibility index (Phi) is 10.1. The number of methoxy groups -OCH3 is 1. The molecule has 2 aliphatic heterocycles. The Morgan fingerprint density at radius 3 is 2.25 bits per heavy atom. The summed E-state index contributed by atoms with van der Waals surface area (Å²) in [5.41, 5.74) is 6.78. The van der Waals surface area contributed by atoms with Gasteiger partial charge in [-0.1, -0.05) is 6.07 Å². The molecule has 246 valence electrons. The molecule has 2 fully saturated rings. The minimum Gasteiger partial charge on any atom is -0.444 e. The van der Waals surface area contributed by atoms with Crippen LogP contribution in [0, 0.1) is 6.92 Å². The fraction of sp³-hybridized carbons (Fsp3) is 0.727. The van der Waals surface area contributed by atoms with Crippen LogP contribution in [0.3, 0.4) is 0 Å². The second-order valence-electron chi connectivity index (χ2n) is 14.4. The van der Waals surface area contributed by atoms with Crippen molar-refractivity contribution in [1.82, 2.24) is 20.1 Å². The summed E-state index contributed by atoms with van der Waals surface area (Å²) in [6.45, 7) is 19.2. The van der Waals surface area contributed by atoms with Crippen molar-refractivity contribution in [2.45, 2.75) is 117 Å². The van der Waals surface area contributed by atoms with Gasteiger partial charge in [0.25, 0.3) is 0 Å². The molecule has 1 aromatic rings. The summed E-state index contributed by atoms with van der Waals surface area (Å²) in [5, 5.41) is 2.19. The van der Waals surface area contributed by atoms with E-state index in [1.54, 1.807) is 7.11 Å². The van der Waals surface area contributed by atoms with Crippen LogP contribution in [-0.2, 0) is 19.0 Å². The summed E-state index contributed by atoms with van der Waals surface area (Å²) >= 11 is 0. The van der Waals surface area contributed by atoms with Gasteiger partial charge in [-0.05, 0) is 104 Å². The molecule has 3 aliphatic rings. The lowest BCUT2D eigenvalue weighted by Crippen LogP contribution is -2.63. The zero-order valence-electron chi connectivity index (χ0n) is 28.4. The Morgan fingerprint density at radius 2 is 1.66 bits per heavy atom. The van der Waals surface area contributed by atoms with Gasteiger partial charge in [-0.25, -0.2) is 15.0 Å². The number of benzene rings is 1. The van der Waals surface area contributed by atoms with Gasteiger partial charge in [0.2, 0.25) is 5.91 Å². The van der Waals surface area contributed by atoms with Crippen LogP contribution in [-0.4, -0.2) is 96.0 Å². The average molecular weight is 616 g/mol. The maximum absolute atomic E-state index is 14.6. The summed E-state index contributed by atoms with van der Waals surface area (Å²) < 4.78 is 16.6. The molecule has 1 saturated heterocycles. The van der Waals surface area contributed by atoms with Crippen LogP contribution in [0.25, 0.3) is 0 Å². The highest BCUT2D eigenvalue weighted by molar-refractivity contribution is 5.88. The number of rotatable bonds is 8. The Bertz CT molecular complexity index is 1220.